The van der Waals surface area contributed by atoms with E-state index < -0.39 is 0 Å². The molecule has 1 aromatic carbocycles. The molecule has 0 atom stereocenters. The van der Waals surface area contributed by atoms with Crippen LogP contribution in [0.1, 0.15) is 24.3 Å². The van der Waals surface area contributed by atoms with Gasteiger partial charge in [0.2, 0.25) is 0 Å². The highest BCUT2D eigenvalue weighted by molar-refractivity contribution is 6.33. The van der Waals surface area contributed by atoms with Crippen molar-refractivity contribution in [2.24, 2.45) is 0 Å². The summed E-state index contributed by atoms with van der Waals surface area (Å²) in [4.78, 5) is 2.32. The lowest BCUT2D eigenvalue weighted by atomic mass is 9.90. The highest BCUT2D eigenvalue weighted by Crippen LogP contribution is 2.33. The fourth-order valence-electron chi connectivity index (χ4n) is 2.99. The molecule has 19 heavy (non-hydrogen) atoms. The highest BCUT2D eigenvalue weighted by atomic mass is 35.5. The van der Waals surface area contributed by atoms with Crippen LogP contribution in [0.25, 0.3) is 0 Å². The van der Waals surface area contributed by atoms with Crippen molar-refractivity contribution in [2.75, 3.05) is 44.3 Å². The Hall–Kier alpha value is -0.770. The summed E-state index contributed by atoms with van der Waals surface area (Å²) >= 11 is 6.48. The van der Waals surface area contributed by atoms with Crippen LogP contribution in [-0.2, 0) is 4.74 Å². The summed E-state index contributed by atoms with van der Waals surface area (Å²) in [5, 5.41) is 4.29. The minimum Gasteiger partial charge on any atom is -0.378 e. The number of hydrogen-bond acceptors (Lipinski definition) is 3. The molecule has 0 unspecified atom stereocenters. The SMILES string of the molecule is Clc1cc(C2CCNCC2)ccc1N1CCOCC1. The number of benzene rings is 1. The molecular formula is C15H21ClN2O. The molecule has 3 nitrogen and oxygen atoms in total. The molecule has 2 aliphatic rings. The zero-order valence-electron chi connectivity index (χ0n) is 11.2. The van der Waals surface area contributed by atoms with Gasteiger partial charge in [-0.2, -0.15) is 0 Å². The van der Waals surface area contributed by atoms with E-state index in [9.17, 15) is 0 Å². The van der Waals surface area contributed by atoms with Crippen molar-refractivity contribution in [1.29, 1.82) is 0 Å². The molecule has 0 aliphatic carbocycles. The third-order valence-corrected chi connectivity index (χ3v) is 4.44. The summed E-state index contributed by atoms with van der Waals surface area (Å²) in [6.07, 6.45) is 2.43. The first-order chi connectivity index (χ1) is 9.34. The van der Waals surface area contributed by atoms with Gasteiger partial charge in [0, 0.05) is 13.1 Å². The second-order valence-electron chi connectivity index (χ2n) is 5.33. The maximum absolute atomic E-state index is 6.48. The van der Waals surface area contributed by atoms with Gasteiger partial charge < -0.3 is 15.0 Å². The number of nitrogens with zero attached hydrogens (tertiary/aromatic N) is 1. The van der Waals surface area contributed by atoms with E-state index in [1.165, 1.54) is 18.4 Å². The molecule has 0 radical (unpaired) electrons. The maximum atomic E-state index is 6.48. The van der Waals surface area contributed by atoms with Crippen LogP contribution >= 0.6 is 11.6 Å². The number of piperidine rings is 1. The number of hydrogen-bond donors (Lipinski definition) is 1. The normalized spacial score (nSPS) is 21.6. The van der Waals surface area contributed by atoms with Crippen molar-refractivity contribution in [3.8, 4) is 0 Å². The molecule has 0 bridgehead atoms. The van der Waals surface area contributed by atoms with Crippen molar-refractivity contribution in [3.05, 3.63) is 28.8 Å². The standard InChI is InChI=1S/C15H21ClN2O/c16-14-11-13(12-3-5-17-6-4-12)1-2-15(14)18-7-9-19-10-8-18/h1-2,11-12,17H,3-10H2. The Morgan fingerprint density at radius 2 is 1.89 bits per heavy atom. The van der Waals surface area contributed by atoms with Crippen molar-refractivity contribution < 1.29 is 4.74 Å². The number of morpholine rings is 1. The second kappa shape index (κ2) is 6.12. The first-order valence-electron chi connectivity index (χ1n) is 7.17. The lowest BCUT2D eigenvalue weighted by Crippen LogP contribution is -2.36. The van der Waals surface area contributed by atoms with Gasteiger partial charge in [-0.15, -0.1) is 0 Å². The van der Waals surface area contributed by atoms with Crippen LogP contribution in [0.15, 0.2) is 18.2 Å². The zero-order valence-corrected chi connectivity index (χ0v) is 12.0. The van der Waals surface area contributed by atoms with Gasteiger partial charge in [-0.3, -0.25) is 0 Å². The molecule has 0 spiro atoms. The number of ether oxygens (including phenoxy) is 1. The third-order valence-electron chi connectivity index (χ3n) is 4.13. The van der Waals surface area contributed by atoms with Crippen LogP contribution in [0.4, 0.5) is 5.69 Å². The van der Waals surface area contributed by atoms with Crippen molar-refractivity contribution >= 4 is 17.3 Å². The van der Waals surface area contributed by atoms with Gasteiger partial charge in [-0.25, -0.2) is 0 Å². The summed E-state index contributed by atoms with van der Waals surface area (Å²) in [7, 11) is 0. The van der Waals surface area contributed by atoms with Crippen LogP contribution < -0.4 is 10.2 Å². The van der Waals surface area contributed by atoms with Gasteiger partial charge in [0.15, 0.2) is 0 Å². The Morgan fingerprint density at radius 3 is 2.58 bits per heavy atom. The highest BCUT2D eigenvalue weighted by Gasteiger charge is 2.18. The first kappa shape index (κ1) is 13.2. The van der Waals surface area contributed by atoms with Crippen LogP contribution in [-0.4, -0.2) is 39.4 Å². The molecule has 104 valence electrons. The minimum absolute atomic E-state index is 0.664. The fraction of sp³-hybridized carbons (Fsp3) is 0.600. The molecule has 4 heteroatoms. The van der Waals surface area contributed by atoms with E-state index in [0.29, 0.717) is 5.92 Å². The minimum atomic E-state index is 0.664. The van der Waals surface area contributed by atoms with E-state index >= 15 is 0 Å². The molecule has 2 aliphatic heterocycles. The monoisotopic (exact) mass is 280 g/mol. The van der Waals surface area contributed by atoms with E-state index in [1.807, 2.05) is 0 Å². The van der Waals surface area contributed by atoms with E-state index in [-0.39, 0.29) is 0 Å². The van der Waals surface area contributed by atoms with E-state index in [2.05, 4.69) is 28.4 Å². The summed E-state index contributed by atoms with van der Waals surface area (Å²) in [6.45, 7) is 5.71. The second-order valence-corrected chi connectivity index (χ2v) is 5.74. The van der Waals surface area contributed by atoms with Crippen LogP contribution in [0, 0.1) is 0 Å². The molecule has 0 saturated carbocycles. The number of halogens is 1. The molecular weight excluding hydrogens is 260 g/mol. The molecule has 0 aromatic heterocycles. The van der Waals surface area contributed by atoms with Crippen LogP contribution in [0.5, 0.6) is 0 Å². The van der Waals surface area contributed by atoms with Gasteiger partial charge in [0.25, 0.3) is 0 Å². The lowest BCUT2D eigenvalue weighted by molar-refractivity contribution is 0.122. The topological polar surface area (TPSA) is 24.5 Å². The average molecular weight is 281 g/mol. The first-order valence-corrected chi connectivity index (χ1v) is 7.55. The molecule has 1 N–H and O–H groups in total. The Balaban J connectivity index is 1.76. The molecule has 0 amide bonds. The number of rotatable bonds is 2. The molecule has 3 rings (SSSR count). The van der Waals surface area contributed by atoms with Gasteiger partial charge >= 0.3 is 0 Å². The average Bonchev–Trinajstić information content (AvgIpc) is 2.49. The Morgan fingerprint density at radius 1 is 1.16 bits per heavy atom. The fourth-order valence-corrected chi connectivity index (χ4v) is 3.30. The summed E-state index contributed by atoms with van der Waals surface area (Å²) in [5.74, 6) is 0.664. The predicted molar refractivity (Wildman–Crippen MR) is 79.3 cm³/mol. The summed E-state index contributed by atoms with van der Waals surface area (Å²) < 4.78 is 5.39. The summed E-state index contributed by atoms with van der Waals surface area (Å²) in [5.41, 5.74) is 2.55. The molecule has 1 aromatic rings. The van der Waals surface area contributed by atoms with Gasteiger partial charge in [0.05, 0.1) is 23.9 Å². The lowest BCUT2D eigenvalue weighted by Gasteiger charge is -2.30. The molecule has 2 heterocycles. The van der Waals surface area contributed by atoms with E-state index in [4.69, 9.17) is 16.3 Å². The van der Waals surface area contributed by atoms with Crippen LogP contribution in [0.2, 0.25) is 5.02 Å². The maximum Gasteiger partial charge on any atom is 0.0642 e. The molecule has 2 fully saturated rings. The van der Waals surface area contributed by atoms with Crippen molar-refractivity contribution in [1.82, 2.24) is 5.32 Å². The summed E-state index contributed by atoms with van der Waals surface area (Å²) in [6, 6.07) is 6.61. The quantitative estimate of drug-likeness (QED) is 0.901. The van der Waals surface area contributed by atoms with E-state index in [0.717, 1.165) is 50.1 Å². The van der Waals surface area contributed by atoms with Crippen LogP contribution in [0.3, 0.4) is 0 Å². The van der Waals surface area contributed by atoms with Gasteiger partial charge in [0.1, 0.15) is 0 Å². The van der Waals surface area contributed by atoms with E-state index in [1.54, 1.807) is 0 Å². The Labute approximate surface area is 119 Å². The number of anilines is 1. The zero-order chi connectivity index (χ0) is 13.1. The Kier molecular flexibility index (Phi) is 4.26. The smallest absolute Gasteiger partial charge is 0.0642 e. The third kappa shape index (κ3) is 3.04. The van der Waals surface area contributed by atoms with Gasteiger partial charge in [-0.1, -0.05) is 17.7 Å². The van der Waals surface area contributed by atoms with Crippen molar-refractivity contribution in [2.45, 2.75) is 18.8 Å². The van der Waals surface area contributed by atoms with Gasteiger partial charge in [-0.05, 0) is 49.5 Å². The molecule has 2 saturated heterocycles. The Bertz CT molecular complexity index is 426. The number of nitrogens with one attached hydrogen (secondary N) is 1. The predicted octanol–water partition coefficient (Wildman–Crippen LogP) is 2.64. The largest absolute Gasteiger partial charge is 0.378 e. The van der Waals surface area contributed by atoms with Crippen molar-refractivity contribution in [3.63, 3.8) is 0 Å².